The lowest BCUT2D eigenvalue weighted by atomic mass is 10.1. The highest BCUT2D eigenvalue weighted by Crippen LogP contribution is 2.23. The summed E-state index contributed by atoms with van der Waals surface area (Å²) in [4.78, 5) is 27.3. The topological polar surface area (TPSA) is 52.7 Å². The van der Waals surface area contributed by atoms with E-state index in [2.05, 4.69) is 19.2 Å². The molecule has 2 rings (SSSR count). The number of amides is 2. The van der Waals surface area contributed by atoms with Crippen molar-refractivity contribution in [3.63, 3.8) is 0 Å². The van der Waals surface area contributed by atoms with Crippen LogP contribution in [-0.2, 0) is 9.59 Å². The van der Waals surface area contributed by atoms with Gasteiger partial charge in [0, 0.05) is 25.7 Å². The van der Waals surface area contributed by atoms with Gasteiger partial charge in [-0.25, -0.2) is 0 Å². The first-order chi connectivity index (χ1) is 8.09. The lowest BCUT2D eigenvalue weighted by molar-refractivity contribution is -0.141. The van der Waals surface area contributed by atoms with Gasteiger partial charge >= 0.3 is 0 Å². The Kier molecular flexibility index (Phi) is 3.66. The summed E-state index contributed by atoms with van der Waals surface area (Å²) in [6, 6.07) is 0.306. The van der Waals surface area contributed by atoms with Crippen LogP contribution in [0, 0.1) is 5.92 Å². The Morgan fingerprint density at radius 2 is 2.18 bits per heavy atom. The van der Waals surface area contributed by atoms with Crippen LogP contribution >= 0.6 is 0 Å². The Morgan fingerprint density at radius 1 is 1.41 bits per heavy atom. The van der Waals surface area contributed by atoms with E-state index in [9.17, 15) is 9.59 Å². The van der Waals surface area contributed by atoms with Crippen molar-refractivity contribution in [1.29, 1.82) is 0 Å². The van der Waals surface area contributed by atoms with Crippen LogP contribution in [0.5, 0.6) is 0 Å². The molecule has 17 heavy (non-hydrogen) atoms. The molecule has 2 aliphatic rings. The van der Waals surface area contributed by atoms with E-state index in [-0.39, 0.29) is 18.4 Å². The van der Waals surface area contributed by atoms with Gasteiger partial charge in [-0.2, -0.15) is 0 Å². The van der Waals surface area contributed by atoms with Crippen LogP contribution in [0.2, 0.25) is 0 Å². The molecule has 2 heterocycles. The maximum Gasteiger partial charge on any atom is 0.242 e. The number of nitrogens with zero attached hydrogens (tertiary/aromatic N) is 2. The highest BCUT2D eigenvalue weighted by Gasteiger charge is 2.32. The average Bonchev–Trinajstić information content (AvgIpc) is 2.63. The standard InChI is InChI=1S/C12H21N3O2/c1-9-3-5-15(10(9)2)12(17)8-14-6-4-13-7-11(14)16/h9-10,13H,3-8H2,1-2H3/t9-,10+/m0/s1. The molecule has 0 bridgehead atoms. The Morgan fingerprint density at radius 3 is 2.76 bits per heavy atom. The number of carbonyl (C=O) groups is 2. The first kappa shape index (κ1) is 12.4. The van der Waals surface area contributed by atoms with Gasteiger partial charge in [0.05, 0.1) is 13.1 Å². The van der Waals surface area contributed by atoms with Gasteiger partial charge in [-0.05, 0) is 19.3 Å². The van der Waals surface area contributed by atoms with Gasteiger partial charge in [0.1, 0.15) is 0 Å². The van der Waals surface area contributed by atoms with Crippen LogP contribution in [0.15, 0.2) is 0 Å². The zero-order valence-corrected chi connectivity index (χ0v) is 10.6. The third-order valence-corrected chi connectivity index (χ3v) is 3.97. The molecule has 5 nitrogen and oxygen atoms in total. The van der Waals surface area contributed by atoms with E-state index in [1.54, 1.807) is 4.90 Å². The van der Waals surface area contributed by atoms with Crippen molar-refractivity contribution in [2.45, 2.75) is 26.3 Å². The van der Waals surface area contributed by atoms with Crippen molar-refractivity contribution >= 4 is 11.8 Å². The number of rotatable bonds is 2. The highest BCUT2D eigenvalue weighted by atomic mass is 16.2. The molecule has 0 aromatic heterocycles. The quantitative estimate of drug-likeness (QED) is 0.718. The van der Waals surface area contributed by atoms with Crippen molar-refractivity contribution < 1.29 is 9.59 Å². The van der Waals surface area contributed by atoms with Gasteiger partial charge in [0.2, 0.25) is 11.8 Å². The molecule has 2 atom stereocenters. The fourth-order valence-electron chi connectivity index (χ4n) is 2.51. The van der Waals surface area contributed by atoms with E-state index in [1.165, 1.54) is 0 Å². The van der Waals surface area contributed by atoms with Crippen molar-refractivity contribution in [3.8, 4) is 0 Å². The Balaban J connectivity index is 1.90. The summed E-state index contributed by atoms with van der Waals surface area (Å²) in [6.45, 7) is 7.13. The van der Waals surface area contributed by atoms with Gasteiger partial charge in [0.25, 0.3) is 0 Å². The third-order valence-electron chi connectivity index (χ3n) is 3.97. The third kappa shape index (κ3) is 2.60. The second-order valence-corrected chi connectivity index (χ2v) is 5.09. The lowest BCUT2D eigenvalue weighted by Gasteiger charge is -2.30. The first-order valence-corrected chi connectivity index (χ1v) is 6.37. The number of likely N-dealkylation sites (tertiary alicyclic amines) is 1. The summed E-state index contributed by atoms with van der Waals surface area (Å²) in [5.74, 6) is 0.694. The van der Waals surface area contributed by atoms with Crippen molar-refractivity contribution in [1.82, 2.24) is 15.1 Å². The average molecular weight is 239 g/mol. The largest absolute Gasteiger partial charge is 0.338 e. The molecule has 0 aromatic rings. The maximum absolute atomic E-state index is 12.1. The Hall–Kier alpha value is -1.10. The van der Waals surface area contributed by atoms with Gasteiger partial charge in [-0.1, -0.05) is 6.92 Å². The van der Waals surface area contributed by atoms with Crippen LogP contribution in [0.3, 0.4) is 0 Å². The normalized spacial score (nSPS) is 29.9. The van der Waals surface area contributed by atoms with Crippen molar-refractivity contribution in [2.75, 3.05) is 32.7 Å². The first-order valence-electron chi connectivity index (χ1n) is 6.37. The summed E-state index contributed by atoms with van der Waals surface area (Å²) in [6.07, 6.45) is 1.07. The minimum absolute atomic E-state index is 0.0319. The number of carbonyl (C=O) groups excluding carboxylic acids is 2. The summed E-state index contributed by atoms with van der Waals surface area (Å²) >= 11 is 0. The second kappa shape index (κ2) is 5.04. The molecule has 2 amide bonds. The molecule has 0 spiro atoms. The molecule has 0 aliphatic carbocycles. The maximum atomic E-state index is 12.1. The van der Waals surface area contributed by atoms with E-state index < -0.39 is 0 Å². The van der Waals surface area contributed by atoms with E-state index in [4.69, 9.17) is 0 Å². The molecular weight excluding hydrogens is 218 g/mol. The summed E-state index contributed by atoms with van der Waals surface area (Å²) in [5.41, 5.74) is 0. The number of nitrogens with one attached hydrogen (secondary N) is 1. The Labute approximate surface area is 102 Å². The minimum Gasteiger partial charge on any atom is -0.338 e. The molecule has 0 unspecified atom stereocenters. The zero-order chi connectivity index (χ0) is 12.4. The fraction of sp³-hybridized carbons (Fsp3) is 0.833. The zero-order valence-electron chi connectivity index (χ0n) is 10.6. The van der Waals surface area contributed by atoms with E-state index in [0.29, 0.717) is 25.0 Å². The molecule has 5 heteroatoms. The van der Waals surface area contributed by atoms with E-state index >= 15 is 0 Å². The summed E-state index contributed by atoms with van der Waals surface area (Å²) < 4.78 is 0. The smallest absolute Gasteiger partial charge is 0.242 e. The van der Waals surface area contributed by atoms with Gasteiger partial charge in [-0.15, -0.1) is 0 Å². The molecule has 1 N–H and O–H groups in total. The molecule has 2 aliphatic heterocycles. The van der Waals surface area contributed by atoms with Crippen LogP contribution in [0.4, 0.5) is 0 Å². The molecule has 2 fully saturated rings. The van der Waals surface area contributed by atoms with Crippen LogP contribution in [0.25, 0.3) is 0 Å². The predicted molar refractivity (Wildman–Crippen MR) is 64.4 cm³/mol. The van der Waals surface area contributed by atoms with Crippen molar-refractivity contribution in [2.24, 2.45) is 5.92 Å². The minimum atomic E-state index is 0.0319. The number of piperazine rings is 1. The number of hydrogen-bond donors (Lipinski definition) is 1. The highest BCUT2D eigenvalue weighted by molar-refractivity contribution is 5.86. The molecule has 0 aromatic carbocycles. The molecule has 0 radical (unpaired) electrons. The summed E-state index contributed by atoms with van der Waals surface area (Å²) in [7, 11) is 0. The predicted octanol–water partition coefficient (Wildman–Crippen LogP) is -0.325. The van der Waals surface area contributed by atoms with Gasteiger partial charge < -0.3 is 15.1 Å². The molecule has 96 valence electrons. The van der Waals surface area contributed by atoms with Crippen LogP contribution in [0.1, 0.15) is 20.3 Å². The molecule has 0 saturated carbocycles. The fourth-order valence-corrected chi connectivity index (χ4v) is 2.51. The van der Waals surface area contributed by atoms with E-state index in [0.717, 1.165) is 19.5 Å². The van der Waals surface area contributed by atoms with Crippen LogP contribution in [-0.4, -0.2) is 60.4 Å². The Bertz CT molecular complexity index is 319. The molecule has 2 saturated heterocycles. The summed E-state index contributed by atoms with van der Waals surface area (Å²) in [5, 5.41) is 3.01. The number of hydrogen-bond acceptors (Lipinski definition) is 3. The lowest BCUT2D eigenvalue weighted by Crippen LogP contribution is -2.52. The second-order valence-electron chi connectivity index (χ2n) is 5.09. The molecular formula is C12H21N3O2. The van der Waals surface area contributed by atoms with Crippen LogP contribution < -0.4 is 5.32 Å². The SMILES string of the molecule is C[C@@H]1[C@@H](C)CCN1C(=O)CN1CCNCC1=O. The van der Waals surface area contributed by atoms with Gasteiger partial charge in [-0.3, -0.25) is 9.59 Å². The van der Waals surface area contributed by atoms with Gasteiger partial charge in [0.15, 0.2) is 0 Å². The van der Waals surface area contributed by atoms with E-state index in [1.807, 2.05) is 4.90 Å². The monoisotopic (exact) mass is 239 g/mol. The van der Waals surface area contributed by atoms with Crippen molar-refractivity contribution in [3.05, 3.63) is 0 Å².